The van der Waals surface area contributed by atoms with E-state index in [2.05, 4.69) is 10.3 Å². The number of amides is 1. The van der Waals surface area contributed by atoms with Crippen molar-refractivity contribution in [1.82, 2.24) is 4.98 Å². The van der Waals surface area contributed by atoms with Gasteiger partial charge in [-0.2, -0.15) is 0 Å². The van der Waals surface area contributed by atoms with Crippen LogP contribution in [-0.2, 0) is 0 Å². The van der Waals surface area contributed by atoms with Crippen LogP contribution >= 0.6 is 11.3 Å². The molecule has 0 radical (unpaired) electrons. The molecule has 0 aliphatic rings. The molecule has 0 spiro atoms. The number of hydrogen-bond acceptors (Lipinski definition) is 5. The Morgan fingerprint density at radius 1 is 1.22 bits per heavy atom. The summed E-state index contributed by atoms with van der Waals surface area (Å²) < 4.78 is 0. The Labute approximate surface area is 137 Å². The van der Waals surface area contributed by atoms with E-state index in [1.807, 2.05) is 17.5 Å². The van der Waals surface area contributed by atoms with Gasteiger partial charge in [-0.3, -0.25) is 4.79 Å². The van der Waals surface area contributed by atoms with Crippen molar-refractivity contribution in [2.45, 2.75) is 0 Å². The molecule has 1 aromatic heterocycles. The van der Waals surface area contributed by atoms with Crippen molar-refractivity contribution in [1.29, 1.82) is 0 Å². The van der Waals surface area contributed by atoms with E-state index in [0.29, 0.717) is 11.3 Å². The molecule has 0 atom stereocenters. The number of carbonyl (C=O) groups is 1. The third-order valence-corrected chi connectivity index (χ3v) is 4.02. The van der Waals surface area contributed by atoms with Crippen molar-refractivity contribution in [3.05, 3.63) is 65.7 Å². The van der Waals surface area contributed by atoms with E-state index < -0.39 is 0 Å². The molecule has 116 valence electrons. The first-order chi connectivity index (χ1) is 11.1. The Bertz CT molecular complexity index is 801. The van der Waals surface area contributed by atoms with Crippen molar-refractivity contribution < 1.29 is 9.90 Å². The number of anilines is 3. The van der Waals surface area contributed by atoms with E-state index in [1.165, 1.54) is 11.3 Å². The normalized spacial score (nSPS) is 10.3. The van der Waals surface area contributed by atoms with Gasteiger partial charge in [-0.25, -0.2) is 4.98 Å². The molecule has 0 bridgehead atoms. The molecule has 5 nitrogen and oxygen atoms in total. The minimum absolute atomic E-state index is 0.126. The van der Waals surface area contributed by atoms with Crippen molar-refractivity contribution >= 4 is 33.8 Å². The minimum atomic E-state index is -0.126. The predicted molar refractivity (Wildman–Crippen MR) is 92.7 cm³/mol. The second-order valence-corrected chi connectivity index (χ2v) is 5.82. The van der Waals surface area contributed by atoms with Gasteiger partial charge in [0, 0.05) is 35.6 Å². The highest BCUT2D eigenvalue weighted by Gasteiger charge is 2.14. The van der Waals surface area contributed by atoms with Gasteiger partial charge in [0.05, 0.1) is 0 Å². The Morgan fingerprint density at radius 2 is 2.00 bits per heavy atom. The first kappa shape index (κ1) is 15.1. The lowest BCUT2D eigenvalue weighted by Crippen LogP contribution is -2.26. The number of hydrogen-bond donors (Lipinski definition) is 2. The highest BCUT2D eigenvalue weighted by atomic mass is 32.1. The number of thiazole rings is 1. The van der Waals surface area contributed by atoms with E-state index in [4.69, 9.17) is 0 Å². The fourth-order valence-electron chi connectivity index (χ4n) is 2.13. The van der Waals surface area contributed by atoms with Crippen LogP contribution in [0.4, 0.5) is 16.5 Å². The Morgan fingerprint density at radius 3 is 2.70 bits per heavy atom. The van der Waals surface area contributed by atoms with Crippen LogP contribution in [-0.4, -0.2) is 23.0 Å². The van der Waals surface area contributed by atoms with E-state index >= 15 is 0 Å². The van der Waals surface area contributed by atoms with Crippen LogP contribution in [0, 0.1) is 0 Å². The Balaban J connectivity index is 1.80. The first-order valence-corrected chi connectivity index (χ1v) is 7.85. The fraction of sp³-hybridized carbons (Fsp3) is 0.0588. The van der Waals surface area contributed by atoms with E-state index in [0.717, 1.165) is 10.8 Å². The van der Waals surface area contributed by atoms with Crippen LogP contribution in [0.5, 0.6) is 5.75 Å². The van der Waals surface area contributed by atoms with Gasteiger partial charge in [0.1, 0.15) is 5.75 Å². The van der Waals surface area contributed by atoms with Crippen molar-refractivity contribution in [3.8, 4) is 5.75 Å². The number of phenols is 1. The summed E-state index contributed by atoms with van der Waals surface area (Å²) in [7, 11) is 1.70. The molecular weight excluding hydrogens is 310 g/mol. The molecule has 0 fully saturated rings. The SMILES string of the molecule is CN(C(=O)c1cccc(Nc2nccs2)c1)c1ccc(O)cc1. The largest absolute Gasteiger partial charge is 0.508 e. The summed E-state index contributed by atoms with van der Waals surface area (Å²) in [4.78, 5) is 18.3. The van der Waals surface area contributed by atoms with Gasteiger partial charge in [-0.05, 0) is 42.5 Å². The maximum atomic E-state index is 12.6. The van der Waals surface area contributed by atoms with Crippen LogP contribution in [0.2, 0.25) is 0 Å². The van der Waals surface area contributed by atoms with Gasteiger partial charge in [0.15, 0.2) is 5.13 Å². The molecule has 1 amide bonds. The third-order valence-electron chi connectivity index (χ3n) is 3.33. The van der Waals surface area contributed by atoms with Gasteiger partial charge >= 0.3 is 0 Å². The zero-order chi connectivity index (χ0) is 16.2. The van der Waals surface area contributed by atoms with Crippen molar-refractivity contribution in [3.63, 3.8) is 0 Å². The minimum Gasteiger partial charge on any atom is -0.508 e. The Hall–Kier alpha value is -2.86. The lowest BCUT2D eigenvalue weighted by Gasteiger charge is -2.18. The second-order valence-electron chi connectivity index (χ2n) is 4.92. The molecule has 6 heteroatoms. The fourth-order valence-corrected chi connectivity index (χ4v) is 2.67. The molecule has 0 saturated carbocycles. The molecular formula is C17H15N3O2S. The summed E-state index contributed by atoms with van der Waals surface area (Å²) in [6.07, 6.45) is 1.72. The quantitative estimate of drug-likeness (QED) is 0.764. The van der Waals surface area contributed by atoms with Crippen LogP contribution in [0.15, 0.2) is 60.1 Å². The summed E-state index contributed by atoms with van der Waals surface area (Å²) in [6, 6.07) is 13.8. The molecule has 0 saturated heterocycles. The third kappa shape index (κ3) is 3.49. The molecule has 3 rings (SSSR count). The van der Waals surface area contributed by atoms with Crippen molar-refractivity contribution in [2.75, 3.05) is 17.3 Å². The van der Waals surface area contributed by atoms with Crippen LogP contribution in [0.3, 0.4) is 0 Å². The number of aromatic hydroxyl groups is 1. The average Bonchev–Trinajstić information content (AvgIpc) is 3.07. The molecule has 0 unspecified atom stereocenters. The number of carbonyl (C=O) groups excluding carboxylic acids is 1. The molecule has 3 aromatic rings. The van der Waals surface area contributed by atoms with Gasteiger partial charge in [0.25, 0.3) is 5.91 Å². The summed E-state index contributed by atoms with van der Waals surface area (Å²) in [5.41, 5.74) is 2.10. The highest BCUT2D eigenvalue weighted by molar-refractivity contribution is 7.13. The maximum absolute atomic E-state index is 12.6. The van der Waals surface area contributed by atoms with Crippen LogP contribution in [0.25, 0.3) is 0 Å². The topological polar surface area (TPSA) is 65.5 Å². The molecule has 0 aliphatic heterocycles. The summed E-state index contributed by atoms with van der Waals surface area (Å²) >= 11 is 1.50. The number of benzene rings is 2. The standard InChI is InChI=1S/C17H15N3O2S/c1-20(14-5-7-15(21)8-6-14)16(22)12-3-2-4-13(11-12)19-17-18-9-10-23-17/h2-11,21H,1H3,(H,18,19). The van der Waals surface area contributed by atoms with E-state index in [-0.39, 0.29) is 11.7 Å². The number of nitrogens with one attached hydrogen (secondary N) is 1. The van der Waals surface area contributed by atoms with E-state index in [1.54, 1.807) is 54.5 Å². The lowest BCUT2D eigenvalue weighted by molar-refractivity contribution is 0.0993. The maximum Gasteiger partial charge on any atom is 0.258 e. The van der Waals surface area contributed by atoms with Crippen molar-refractivity contribution in [2.24, 2.45) is 0 Å². The zero-order valence-electron chi connectivity index (χ0n) is 12.4. The first-order valence-electron chi connectivity index (χ1n) is 6.97. The summed E-state index contributed by atoms with van der Waals surface area (Å²) in [5.74, 6) is 0.0442. The Kier molecular flexibility index (Phi) is 4.25. The molecule has 2 N–H and O–H groups in total. The molecule has 0 aliphatic carbocycles. The van der Waals surface area contributed by atoms with Crippen LogP contribution in [0.1, 0.15) is 10.4 Å². The molecule has 1 heterocycles. The lowest BCUT2D eigenvalue weighted by atomic mass is 10.1. The van der Waals surface area contributed by atoms with Gasteiger partial charge in [0.2, 0.25) is 0 Å². The van der Waals surface area contributed by atoms with Gasteiger partial charge in [-0.15, -0.1) is 11.3 Å². The number of nitrogens with zero attached hydrogens (tertiary/aromatic N) is 2. The van der Waals surface area contributed by atoms with Crippen LogP contribution < -0.4 is 10.2 Å². The summed E-state index contributed by atoms with van der Waals surface area (Å²) in [6.45, 7) is 0. The van der Waals surface area contributed by atoms with E-state index in [9.17, 15) is 9.90 Å². The predicted octanol–water partition coefficient (Wildman–Crippen LogP) is 3.87. The highest BCUT2D eigenvalue weighted by Crippen LogP contribution is 2.22. The monoisotopic (exact) mass is 325 g/mol. The summed E-state index contributed by atoms with van der Waals surface area (Å²) in [5, 5.41) is 15.2. The molecule has 2 aromatic carbocycles. The second kappa shape index (κ2) is 6.50. The number of phenolic OH excluding ortho intramolecular Hbond substituents is 1. The zero-order valence-corrected chi connectivity index (χ0v) is 13.2. The number of rotatable bonds is 4. The van der Waals surface area contributed by atoms with Gasteiger partial charge in [-0.1, -0.05) is 6.07 Å². The smallest absolute Gasteiger partial charge is 0.258 e. The van der Waals surface area contributed by atoms with Gasteiger partial charge < -0.3 is 15.3 Å². The average molecular weight is 325 g/mol. The molecule has 23 heavy (non-hydrogen) atoms. The number of aromatic nitrogens is 1.